The Labute approximate surface area is 160 Å². The van der Waals surface area contributed by atoms with E-state index < -0.39 is 0 Å². The first-order valence-corrected chi connectivity index (χ1v) is 10.2. The van der Waals surface area contributed by atoms with Crippen LogP contribution in [-0.2, 0) is 4.79 Å². The zero-order chi connectivity index (χ0) is 19.1. The summed E-state index contributed by atoms with van der Waals surface area (Å²) in [4.78, 5) is 26.2. The maximum atomic E-state index is 12.9. The molecule has 1 aliphatic heterocycles. The second kappa shape index (κ2) is 9.72. The first-order chi connectivity index (χ1) is 13.1. The third kappa shape index (κ3) is 6.22. The molecule has 1 aromatic carbocycles. The quantitative estimate of drug-likeness (QED) is 0.812. The molecule has 0 radical (unpaired) electrons. The van der Waals surface area contributed by atoms with Crippen LogP contribution in [-0.4, -0.2) is 36.5 Å². The van der Waals surface area contributed by atoms with Gasteiger partial charge in [0.05, 0.1) is 0 Å². The van der Waals surface area contributed by atoms with E-state index in [1.807, 2.05) is 0 Å². The summed E-state index contributed by atoms with van der Waals surface area (Å²) in [5.74, 6) is 0.851. The lowest BCUT2D eigenvalue weighted by Gasteiger charge is -2.32. The summed E-state index contributed by atoms with van der Waals surface area (Å²) in [7, 11) is 0. The molecule has 148 valence electrons. The average Bonchev–Trinajstić information content (AvgIpc) is 2.69. The number of carbonyl (C=O) groups excluding carboxylic acids is 2. The van der Waals surface area contributed by atoms with Crippen LogP contribution in [0.2, 0.25) is 0 Å². The van der Waals surface area contributed by atoms with Gasteiger partial charge >= 0.3 is 6.03 Å². The number of likely N-dealkylation sites (tertiary alicyclic amines) is 1. The number of nitrogens with zero attached hydrogens (tertiary/aromatic N) is 1. The monoisotopic (exact) mass is 375 g/mol. The van der Waals surface area contributed by atoms with Crippen molar-refractivity contribution in [3.8, 4) is 0 Å². The summed E-state index contributed by atoms with van der Waals surface area (Å²) in [5, 5.41) is 5.90. The fourth-order valence-electron chi connectivity index (χ4n) is 4.06. The highest BCUT2D eigenvalue weighted by atomic mass is 19.1. The van der Waals surface area contributed by atoms with Gasteiger partial charge in [-0.3, -0.25) is 4.79 Å². The van der Waals surface area contributed by atoms with Gasteiger partial charge in [0.25, 0.3) is 0 Å². The van der Waals surface area contributed by atoms with Crippen molar-refractivity contribution in [2.75, 3.05) is 25.0 Å². The molecule has 2 aliphatic rings. The number of carbonyl (C=O) groups is 2. The third-order valence-corrected chi connectivity index (χ3v) is 5.78. The summed E-state index contributed by atoms with van der Waals surface area (Å²) < 4.78 is 12.9. The van der Waals surface area contributed by atoms with E-state index in [-0.39, 0.29) is 17.8 Å². The van der Waals surface area contributed by atoms with Crippen molar-refractivity contribution in [2.45, 2.75) is 51.4 Å². The molecule has 0 bridgehead atoms. The van der Waals surface area contributed by atoms with E-state index in [0.717, 1.165) is 12.8 Å². The van der Waals surface area contributed by atoms with E-state index in [1.54, 1.807) is 17.0 Å². The molecule has 1 aromatic rings. The van der Waals surface area contributed by atoms with E-state index in [9.17, 15) is 14.0 Å². The molecule has 3 rings (SSSR count). The van der Waals surface area contributed by atoms with Crippen molar-refractivity contribution in [3.05, 3.63) is 30.1 Å². The molecule has 0 aromatic heterocycles. The van der Waals surface area contributed by atoms with Crippen LogP contribution in [0.15, 0.2) is 24.3 Å². The summed E-state index contributed by atoms with van der Waals surface area (Å²) in [6.45, 7) is 2.06. The van der Waals surface area contributed by atoms with Crippen molar-refractivity contribution >= 4 is 17.6 Å². The van der Waals surface area contributed by atoms with Gasteiger partial charge < -0.3 is 15.5 Å². The van der Waals surface area contributed by atoms with E-state index in [4.69, 9.17) is 0 Å². The highest BCUT2D eigenvalue weighted by molar-refractivity contribution is 5.89. The highest BCUT2D eigenvalue weighted by Gasteiger charge is 2.24. The molecule has 5 nitrogen and oxygen atoms in total. The van der Waals surface area contributed by atoms with Gasteiger partial charge in [-0.1, -0.05) is 19.3 Å². The van der Waals surface area contributed by atoms with Gasteiger partial charge in [0.2, 0.25) is 5.91 Å². The van der Waals surface area contributed by atoms with E-state index >= 15 is 0 Å². The lowest BCUT2D eigenvalue weighted by atomic mass is 9.87. The minimum Gasteiger partial charge on any atom is -0.356 e. The maximum Gasteiger partial charge on any atom is 0.321 e. The van der Waals surface area contributed by atoms with Crippen LogP contribution >= 0.6 is 0 Å². The fraction of sp³-hybridized carbons (Fsp3) is 0.619. The van der Waals surface area contributed by atoms with Gasteiger partial charge in [-0.25, -0.2) is 9.18 Å². The SMILES string of the molecule is O=C(CC1CCCCC1)NCC1CCN(C(=O)Nc2ccc(F)cc2)CC1. The number of piperidine rings is 1. The molecule has 1 aliphatic carbocycles. The number of halogens is 1. The van der Waals surface area contributed by atoms with Crippen LogP contribution < -0.4 is 10.6 Å². The largest absolute Gasteiger partial charge is 0.356 e. The number of urea groups is 1. The van der Waals surface area contributed by atoms with Gasteiger partial charge in [-0.05, 0) is 61.8 Å². The molecule has 1 saturated carbocycles. The van der Waals surface area contributed by atoms with Crippen molar-refractivity contribution in [1.82, 2.24) is 10.2 Å². The van der Waals surface area contributed by atoms with E-state index in [1.165, 1.54) is 44.2 Å². The Morgan fingerprint density at radius 1 is 0.963 bits per heavy atom. The van der Waals surface area contributed by atoms with Gasteiger partial charge in [0, 0.05) is 31.7 Å². The van der Waals surface area contributed by atoms with Crippen molar-refractivity contribution in [1.29, 1.82) is 0 Å². The smallest absolute Gasteiger partial charge is 0.321 e. The van der Waals surface area contributed by atoms with Crippen molar-refractivity contribution in [2.24, 2.45) is 11.8 Å². The van der Waals surface area contributed by atoms with Crippen LogP contribution in [0.25, 0.3) is 0 Å². The lowest BCUT2D eigenvalue weighted by molar-refractivity contribution is -0.122. The number of benzene rings is 1. The van der Waals surface area contributed by atoms with Gasteiger partial charge in [0.15, 0.2) is 0 Å². The Morgan fingerprint density at radius 2 is 1.63 bits per heavy atom. The van der Waals surface area contributed by atoms with E-state index in [2.05, 4.69) is 10.6 Å². The number of hydrogen-bond donors (Lipinski definition) is 2. The number of nitrogens with one attached hydrogen (secondary N) is 2. The molecule has 3 amide bonds. The Kier molecular flexibility index (Phi) is 7.07. The molecule has 0 atom stereocenters. The van der Waals surface area contributed by atoms with Gasteiger partial charge in [0.1, 0.15) is 5.82 Å². The number of rotatable bonds is 5. The van der Waals surface area contributed by atoms with E-state index in [0.29, 0.717) is 43.6 Å². The molecule has 0 unspecified atom stereocenters. The van der Waals surface area contributed by atoms with Gasteiger partial charge in [-0.15, -0.1) is 0 Å². The Balaban J connectivity index is 1.34. The number of anilines is 1. The highest BCUT2D eigenvalue weighted by Crippen LogP contribution is 2.26. The third-order valence-electron chi connectivity index (χ3n) is 5.78. The van der Waals surface area contributed by atoms with Crippen LogP contribution in [0.5, 0.6) is 0 Å². The summed E-state index contributed by atoms with van der Waals surface area (Å²) in [6.07, 6.45) is 8.65. The summed E-state index contributed by atoms with van der Waals surface area (Å²) in [5.41, 5.74) is 0.596. The summed E-state index contributed by atoms with van der Waals surface area (Å²) in [6, 6.07) is 5.63. The molecule has 2 fully saturated rings. The van der Waals surface area contributed by atoms with Crippen molar-refractivity contribution in [3.63, 3.8) is 0 Å². The van der Waals surface area contributed by atoms with Gasteiger partial charge in [-0.2, -0.15) is 0 Å². The lowest BCUT2D eigenvalue weighted by Crippen LogP contribution is -2.43. The predicted molar refractivity (Wildman–Crippen MR) is 104 cm³/mol. The average molecular weight is 375 g/mol. The Hall–Kier alpha value is -2.11. The molecule has 1 heterocycles. The number of amides is 3. The number of hydrogen-bond acceptors (Lipinski definition) is 2. The normalized spacial score (nSPS) is 18.9. The predicted octanol–water partition coefficient (Wildman–Crippen LogP) is 4.16. The second-order valence-corrected chi connectivity index (χ2v) is 7.88. The van der Waals surface area contributed by atoms with Crippen LogP contribution in [0, 0.1) is 17.7 Å². The van der Waals surface area contributed by atoms with Crippen molar-refractivity contribution < 1.29 is 14.0 Å². The molecular formula is C21H30FN3O2. The summed E-state index contributed by atoms with van der Waals surface area (Å²) >= 11 is 0. The first-order valence-electron chi connectivity index (χ1n) is 10.2. The standard InChI is InChI=1S/C21H30FN3O2/c22-18-6-8-19(9-7-18)24-21(27)25-12-10-17(11-13-25)15-23-20(26)14-16-4-2-1-3-5-16/h6-9,16-17H,1-5,10-15H2,(H,23,26)(H,24,27). The molecule has 2 N–H and O–H groups in total. The second-order valence-electron chi connectivity index (χ2n) is 7.88. The fourth-order valence-corrected chi connectivity index (χ4v) is 4.06. The molecule has 0 spiro atoms. The molecule has 1 saturated heterocycles. The zero-order valence-electron chi connectivity index (χ0n) is 15.9. The molecular weight excluding hydrogens is 345 g/mol. The maximum absolute atomic E-state index is 12.9. The Morgan fingerprint density at radius 3 is 2.30 bits per heavy atom. The van der Waals surface area contributed by atoms with Crippen LogP contribution in [0.4, 0.5) is 14.9 Å². The molecule has 6 heteroatoms. The molecule has 27 heavy (non-hydrogen) atoms. The topological polar surface area (TPSA) is 61.4 Å². The first kappa shape index (κ1) is 19.6. The zero-order valence-corrected chi connectivity index (χ0v) is 15.9. The minimum atomic E-state index is -0.320. The van der Waals surface area contributed by atoms with Crippen LogP contribution in [0.1, 0.15) is 51.4 Å². The Bertz CT molecular complexity index is 621. The minimum absolute atomic E-state index is 0.151. The van der Waals surface area contributed by atoms with Crippen LogP contribution in [0.3, 0.4) is 0 Å².